The first-order valence-electron chi connectivity index (χ1n) is 8.31. The molecule has 2 heterocycles. The van der Waals surface area contributed by atoms with E-state index in [9.17, 15) is 4.79 Å². The second-order valence-electron chi connectivity index (χ2n) is 6.24. The SMILES string of the molecule is Cc1nnc2sc(CCC(=O)NCC(c3ccccc3Cl)N(C)C)nn12. The van der Waals surface area contributed by atoms with Crippen LogP contribution in [0.2, 0.25) is 5.02 Å². The average molecular weight is 393 g/mol. The van der Waals surface area contributed by atoms with E-state index in [1.165, 1.54) is 11.3 Å². The van der Waals surface area contributed by atoms with Crippen molar-refractivity contribution in [3.63, 3.8) is 0 Å². The maximum absolute atomic E-state index is 12.3. The summed E-state index contributed by atoms with van der Waals surface area (Å²) in [4.78, 5) is 15.1. The Morgan fingerprint density at radius 2 is 2.12 bits per heavy atom. The summed E-state index contributed by atoms with van der Waals surface area (Å²) >= 11 is 7.76. The van der Waals surface area contributed by atoms with E-state index in [0.29, 0.717) is 24.4 Å². The van der Waals surface area contributed by atoms with E-state index in [1.807, 2.05) is 50.2 Å². The zero-order valence-electron chi connectivity index (χ0n) is 14.9. The zero-order chi connectivity index (χ0) is 18.7. The van der Waals surface area contributed by atoms with Crippen LogP contribution in [-0.4, -0.2) is 51.3 Å². The molecule has 1 unspecified atom stereocenters. The lowest BCUT2D eigenvalue weighted by Gasteiger charge is -2.26. The van der Waals surface area contributed by atoms with Gasteiger partial charge >= 0.3 is 0 Å². The molecule has 0 radical (unpaired) electrons. The number of aromatic nitrogens is 4. The first-order chi connectivity index (χ1) is 12.5. The first-order valence-corrected chi connectivity index (χ1v) is 9.50. The van der Waals surface area contributed by atoms with E-state index in [4.69, 9.17) is 11.6 Å². The Morgan fingerprint density at radius 1 is 1.35 bits per heavy atom. The van der Waals surface area contributed by atoms with E-state index >= 15 is 0 Å². The van der Waals surface area contributed by atoms with Crippen LogP contribution in [0.3, 0.4) is 0 Å². The highest BCUT2D eigenvalue weighted by molar-refractivity contribution is 7.16. The second kappa shape index (κ2) is 8.11. The summed E-state index contributed by atoms with van der Waals surface area (Å²) in [6.45, 7) is 2.35. The molecule has 0 saturated carbocycles. The first kappa shape index (κ1) is 18.8. The maximum atomic E-state index is 12.3. The fourth-order valence-corrected chi connectivity index (χ4v) is 3.83. The number of fused-ring (bicyclic) bond motifs is 1. The van der Waals surface area contributed by atoms with Gasteiger partial charge in [0.25, 0.3) is 0 Å². The Kier molecular flexibility index (Phi) is 5.85. The monoisotopic (exact) mass is 392 g/mol. The van der Waals surface area contributed by atoms with Gasteiger partial charge < -0.3 is 10.2 Å². The van der Waals surface area contributed by atoms with Gasteiger partial charge in [-0.1, -0.05) is 41.1 Å². The number of benzene rings is 1. The summed E-state index contributed by atoms with van der Waals surface area (Å²) in [5, 5.41) is 17.0. The van der Waals surface area contributed by atoms with Gasteiger partial charge in [-0.25, -0.2) is 0 Å². The Balaban J connectivity index is 1.56. The number of hydrogen-bond acceptors (Lipinski definition) is 6. The molecule has 26 heavy (non-hydrogen) atoms. The lowest BCUT2D eigenvalue weighted by atomic mass is 10.1. The van der Waals surface area contributed by atoms with Gasteiger partial charge in [-0.05, 0) is 32.6 Å². The molecule has 0 bridgehead atoms. The van der Waals surface area contributed by atoms with Crippen molar-refractivity contribution in [1.82, 2.24) is 30.0 Å². The predicted octanol–water partition coefficient (Wildman–Crippen LogP) is 2.50. The van der Waals surface area contributed by atoms with Crippen molar-refractivity contribution >= 4 is 33.8 Å². The Hall–Kier alpha value is -2.03. The minimum atomic E-state index is -0.00779. The minimum absolute atomic E-state index is 0.00779. The predicted molar refractivity (Wildman–Crippen MR) is 103 cm³/mol. The number of aryl methyl sites for hydroxylation is 2. The largest absolute Gasteiger partial charge is 0.354 e. The van der Waals surface area contributed by atoms with Gasteiger partial charge in [0.15, 0.2) is 5.82 Å². The van der Waals surface area contributed by atoms with E-state index in [1.54, 1.807) is 4.52 Å². The van der Waals surface area contributed by atoms with Crippen LogP contribution in [0.25, 0.3) is 4.96 Å². The number of rotatable bonds is 7. The summed E-state index contributed by atoms with van der Waals surface area (Å²) in [5.74, 6) is 0.743. The topological polar surface area (TPSA) is 75.4 Å². The van der Waals surface area contributed by atoms with Crippen molar-refractivity contribution in [3.05, 3.63) is 45.7 Å². The molecular weight excluding hydrogens is 372 g/mol. The maximum Gasteiger partial charge on any atom is 0.234 e. The van der Waals surface area contributed by atoms with Crippen LogP contribution in [-0.2, 0) is 11.2 Å². The smallest absolute Gasteiger partial charge is 0.234 e. The Labute approximate surface area is 161 Å². The molecule has 138 valence electrons. The van der Waals surface area contributed by atoms with E-state index < -0.39 is 0 Å². The zero-order valence-corrected chi connectivity index (χ0v) is 16.5. The lowest BCUT2D eigenvalue weighted by Crippen LogP contribution is -2.34. The van der Waals surface area contributed by atoms with Gasteiger partial charge in [-0.2, -0.15) is 9.61 Å². The van der Waals surface area contributed by atoms with Gasteiger partial charge in [0, 0.05) is 24.4 Å². The molecule has 1 amide bonds. The minimum Gasteiger partial charge on any atom is -0.354 e. The molecular formula is C17H21ClN6OS. The third kappa shape index (κ3) is 4.20. The van der Waals surface area contributed by atoms with Gasteiger partial charge in [-0.3, -0.25) is 4.79 Å². The van der Waals surface area contributed by atoms with Crippen LogP contribution >= 0.6 is 22.9 Å². The molecule has 1 atom stereocenters. The van der Waals surface area contributed by atoms with Crippen molar-refractivity contribution < 1.29 is 4.79 Å². The van der Waals surface area contributed by atoms with Crippen LogP contribution < -0.4 is 5.32 Å². The molecule has 0 spiro atoms. The van der Waals surface area contributed by atoms with Crippen LogP contribution in [0.4, 0.5) is 0 Å². The highest BCUT2D eigenvalue weighted by Gasteiger charge is 2.18. The second-order valence-corrected chi connectivity index (χ2v) is 7.69. The summed E-state index contributed by atoms with van der Waals surface area (Å²) in [6.07, 6.45) is 0.962. The van der Waals surface area contributed by atoms with Crippen LogP contribution in [0.1, 0.15) is 28.9 Å². The summed E-state index contributed by atoms with van der Waals surface area (Å²) < 4.78 is 1.71. The van der Waals surface area contributed by atoms with Gasteiger partial charge in [0.2, 0.25) is 10.9 Å². The van der Waals surface area contributed by atoms with E-state index in [-0.39, 0.29) is 11.9 Å². The van der Waals surface area contributed by atoms with Crippen molar-refractivity contribution in [2.24, 2.45) is 0 Å². The highest BCUT2D eigenvalue weighted by Crippen LogP contribution is 2.25. The molecule has 0 aliphatic rings. The van der Waals surface area contributed by atoms with Crippen LogP contribution in [0.5, 0.6) is 0 Å². The molecule has 3 rings (SSSR count). The molecule has 0 saturated heterocycles. The van der Waals surface area contributed by atoms with Crippen molar-refractivity contribution in [3.8, 4) is 0 Å². The van der Waals surface area contributed by atoms with E-state index in [0.717, 1.165) is 21.4 Å². The molecule has 2 aromatic heterocycles. The number of nitrogens with one attached hydrogen (secondary N) is 1. The van der Waals surface area contributed by atoms with Gasteiger partial charge in [0.05, 0.1) is 6.04 Å². The lowest BCUT2D eigenvalue weighted by molar-refractivity contribution is -0.121. The third-order valence-corrected chi connectivity index (χ3v) is 5.44. The summed E-state index contributed by atoms with van der Waals surface area (Å²) in [6, 6.07) is 7.73. The van der Waals surface area contributed by atoms with Gasteiger partial charge in [0.1, 0.15) is 5.01 Å². The summed E-state index contributed by atoms with van der Waals surface area (Å²) in [5.41, 5.74) is 1.00. The van der Waals surface area contributed by atoms with E-state index in [2.05, 4.69) is 20.6 Å². The molecule has 0 aliphatic carbocycles. The summed E-state index contributed by atoms with van der Waals surface area (Å²) in [7, 11) is 3.95. The number of hydrogen-bond donors (Lipinski definition) is 1. The molecule has 3 aromatic rings. The molecule has 1 aromatic carbocycles. The number of carbonyl (C=O) groups excluding carboxylic acids is 1. The molecule has 1 N–H and O–H groups in total. The molecule has 0 aliphatic heterocycles. The quantitative estimate of drug-likeness (QED) is 0.668. The number of carbonyl (C=O) groups is 1. The number of amides is 1. The molecule has 0 fully saturated rings. The molecule has 7 nitrogen and oxygen atoms in total. The standard InChI is InChI=1S/C17H21ClN6OS/c1-11-20-21-17-24(11)22-16(26-17)9-8-15(25)19-10-14(23(2)3)12-6-4-5-7-13(12)18/h4-7,14H,8-10H2,1-3H3,(H,19,25). The fourth-order valence-electron chi connectivity index (χ4n) is 2.69. The fraction of sp³-hybridized carbons (Fsp3) is 0.412. The van der Waals surface area contributed by atoms with Crippen molar-refractivity contribution in [2.45, 2.75) is 25.8 Å². The Morgan fingerprint density at radius 3 is 2.81 bits per heavy atom. The third-order valence-electron chi connectivity index (χ3n) is 4.13. The Bertz CT molecular complexity index is 906. The molecule has 9 heteroatoms. The number of likely N-dealkylation sites (N-methyl/N-ethyl adjacent to an activating group) is 1. The van der Waals surface area contributed by atoms with Crippen molar-refractivity contribution in [2.75, 3.05) is 20.6 Å². The number of nitrogens with zero attached hydrogens (tertiary/aromatic N) is 5. The normalized spacial score (nSPS) is 12.7. The van der Waals surface area contributed by atoms with Gasteiger partial charge in [-0.15, -0.1) is 10.2 Å². The average Bonchev–Trinajstić information content (AvgIpc) is 3.16. The van der Waals surface area contributed by atoms with Crippen LogP contribution in [0, 0.1) is 6.92 Å². The van der Waals surface area contributed by atoms with Crippen LogP contribution in [0.15, 0.2) is 24.3 Å². The highest BCUT2D eigenvalue weighted by atomic mass is 35.5. The number of halogens is 1. The van der Waals surface area contributed by atoms with Crippen molar-refractivity contribution in [1.29, 1.82) is 0 Å².